The molecule has 2 atom stereocenters. The van der Waals surface area contributed by atoms with Gasteiger partial charge in [0.2, 0.25) is 5.91 Å². The first kappa shape index (κ1) is 18.2. The number of anilines is 1. The van der Waals surface area contributed by atoms with E-state index in [1.807, 2.05) is 7.05 Å². The number of carbonyl (C=O) groups excluding carboxylic acids is 1. The molecule has 4 rings (SSSR count). The molecule has 2 heterocycles. The third-order valence-electron chi connectivity index (χ3n) is 6.16. The second-order valence-electron chi connectivity index (χ2n) is 8.10. The van der Waals surface area contributed by atoms with Crippen molar-refractivity contribution in [2.24, 2.45) is 24.8 Å². The van der Waals surface area contributed by atoms with Gasteiger partial charge in [-0.2, -0.15) is 5.26 Å². The molecule has 0 radical (unpaired) electrons. The van der Waals surface area contributed by atoms with Crippen LogP contribution in [-0.4, -0.2) is 20.9 Å². The molecule has 2 aromatic heterocycles. The van der Waals surface area contributed by atoms with E-state index >= 15 is 0 Å². The lowest BCUT2D eigenvalue weighted by Gasteiger charge is -2.25. The molecule has 142 valence electrons. The van der Waals surface area contributed by atoms with Crippen LogP contribution in [0, 0.1) is 29.1 Å². The molecule has 0 aliphatic heterocycles. The summed E-state index contributed by atoms with van der Waals surface area (Å²) in [5.74, 6) is 1.23. The van der Waals surface area contributed by atoms with Crippen LogP contribution in [0.2, 0.25) is 0 Å². The molecule has 0 aromatic carbocycles. The van der Waals surface area contributed by atoms with Crippen LogP contribution in [0.3, 0.4) is 0 Å². The molecule has 0 bridgehead atoms. The summed E-state index contributed by atoms with van der Waals surface area (Å²) in [6.45, 7) is 4.53. The van der Waals surface area contributed by atoms with Crippen molar-refractivity contribution >= 4 is 22.2 Å². The number of aryl methyl sites for hydroxylation is 2. The first-order valence-electron chi connectivity index (χ1n) is 9.70. The van der Waals surface area contributed by atoms with Crippen molar-refractivity contribution in [1.82, 2.24) is 15.0 Å². The molecule has 2 aromatic rings. The predicted octanol–water partition coefficient (Wildman–Crippen LogP) is 3.25. The number of hydrogen-bond acceptors (Lipinski definition) is 5. The van der Waals surface area contributed by atoms with E-state index in [1.54, 1.807) is 16.0 Å². The first-order chi connectivity index (χ1) is 13.0. The molecule has 2 unspecified atom stereocenters. The molecule has 0 fully saturated rings. The average molecular weight is 384 g/mol. The monoisotopic (exact) mass is 383 g/mol. The highest BCUT2D eigenvalue weighted by Gasteiger charge is 2.31. The molecule has 6 nitrogen and oxygen atoms in total. The van der Waals surface area contributed by atoms with Crippen LogP contribution in [0.1, 0.15) is 54.1 Å². The Morgan fingerprint density at radius 1 is 1.33 bits per heavy atom. The predicted molar refractivity (Wildman–Crippen MR) is 105 cm³/mol. The number of nitriles is 1. The minimum absolute atomic E-state index is 0.0114. The zero-order chi connectivity index (χ0) is 19.1. The fourth-order valence-corrected chi connectivity index (χ4v) is 5.63. The number of fused-ring (bicyclic) bond motifs is 2. The van der Waals surface area contributed by atoms with E-state index in [0.717, 1.165) is 54.1 Å². The Bertz CT molecular complexity index is 920. The molecule has 2 aliphatic rings. The van der Waals surface area contributed by atoms with Crippen molar-refractivity contribution in [1.29, 1.82) is 5.26 Å². The van der Waals surface area contributed by atoms with Gasteiger partial charge in [0.1, 0.15) is 11.1 Å². The van der Waals surface area contributed by atoms with Gasteiger partial charge in [0.15, 0.2) is 0 Å². The van der Waals surface area contributed by atoms with E-state index in [1.165, 1.54) is 4.88 Å². The van der Waals surface area contributed by atoms with Crippen LogP contribution in [0.25, 0.3) is 0 Å². The normalized spacial score (nSPS) is 21.4. The lowest BCUT2D eigenvalue weighted by atomic mass is 9.81. The Morgan fingerprint density at radius 2 is 2.15 bits per heavy atom. The van der Waals surface area contributed by atoms with E-state index in [-0.39, 0.29) is 11.8 Å². The van der Waals surface area contributed by atoms with Gasteiger partial charge in [-0.1, -0.05) is 19.1 Å². The highest BCUT2D eigenvalue weighted by molar-refractivity contribution is 7.16. The topological polar surface area (TPSA) is 83.6 Å². The summed E-state index contributed by atoms with van der Waals surface area (Å²) in [6.07, 6.45) is 5.31. The smallest absolute Gasteiger partial charge is 0.228 e. The van der Waals surface area contributed by atoms with Gasteiger partial charge < -0.3 is 5.32 Å². The van der Waals surface area contributed by atoms with Crippen LogP contribution >= 0.6 is 11.3 Å². The number of carbonyl (C=O) groups is 1. The minimum atomic E-state index is -0.0937. The molecule has 0 saturated carbocycles. The third kappa shape index (κ3) is 3.27. The zero-order valence-electron chi connectivity index (χ0n) is 16.1. The summed E-state index contributed by atoms with van der Waals surface area (Å²) in [5, 5.41) is 21.7. The fraction of sp³-hybridized carbons (Fsp3) is 0.600. The highest BCUT2D eigenvalue weighted by atomic mass is 32.1. The lowest BCUT2D eigenvalue weighted by Crippen LogP contribution is -2.29. The van der Waals surface area contributed by atoms with E-state index in [0.29, 0.717) is 23.8 Å². The summed E-state index contributed by atoms with van der Waals surface area (Å²) in [7, 11) is 1.87. The summed E-state index contributed by atoms with van der Waals surface area (Å²) < 4.78 is 1.77. The quantitative estimate of drug-likeness (QED) is 0.882. The molecule has 7 heteroatoms. The fourth-order valence-electron chi connectivity index (χ4n) is 4.33. The maximum atomic E-state index is 12.9. The van der Waals surface area contributed by atoms with Gasteiger partial charge in [0, 0.05) is 24.3 Å². The zero-order valence-corrected chi connectivity index (χ0v) is 16.9. The lowest BCUT2D eigenvalue weighted by molar-refractivity contribution is -0.120. The van der Waals surface area contributed by atoms with E-state index in [9.17, 15) is 10.1 Å². The van der Waals surface area contributed by atoms with Gasteiger partial charge in [0.25, 0.3) is 0 Å². The van der Waals surface area contributed by atoms with Crippen LogP contribution < -0.4 is 5.32 Å². The van der Waals surface area contributed by atoms with Crippen LogP contribution in [0.15, 0.2) is 0 Å². The second-order valence-corrected chi connectivity index (χ2v) is 9.21. The number of nitrogens with one attached hydrogen (secondary N) is 1. The number of nitrogens with zero attached hydrogens (tertiary/aromatic N) is 4. The molecule has 0 saturated heterocycles. The maximum Gasteiger partial charge on any atom is 0.228 e. The van der Waals surface area contributed by atoms with Crippen LogP contribution in [-0.2, 0) is 37.5 Å². The van der Waals surface area contributed by atoms with Crippen molar-refractivity contribution in [2.45, 2.75) is 52.4 Å². The van der Waals surface area contributed by atoms with E-state index in [2.05, 4.69) is 35.5 Å². The maximum absolute atomic E-state index is 12.9. The van der Waals surface area contributed by atoms with Gasteiger partial charge in [0.05, 0.1) is 17.0 Å². The van der Waals surface area contributed by atoms with Gasteiger partial charge in [-0.05, 0) is 49.5 Å². The molecule has 27 heavy (non-hydrogen) atoms. The number of thiophene rings is 1. The van der Waals surface area contributed by atoms with Crippen molar-refractivity contribution in [3.05, 3.63) is 27.4 Å². The molecular formula is C20H25N5OS. The molecule has 2 aliphatic carbocycles. The molecular weight excluding hydrogens is 358 g/mol. The minimum Gasteiger partial charge on any atom is -0.316 e. The van der Waals surface area contributed by atoms with Gasteiger partial charge in [-0.15, -0.1) is 16.4 Å². The van der Waals surface area contributed by atoms with Crippen molar-refractivity contribution < 1.29 is 4.79 Å². The van der Waals surface area contributed by atoms with Gasteiger partial charge >= 0.3 is 0 Å². The van der Waals surface area contributed by atoms with Crippen molar-refractivity contribution in [3.8, 4) is 6.07 Å². The summed E-state index contributed by atoms with van der Waals surface area (Å²) in [5.41, 5.74) is 3.90. The Labute approximate surface area is 163 Å². The number of amides is 1. The Balaban J connectivity index is 1.52. The largest absolute Gasteiger partial charge is 0.316 e. The van der Waals surface area contributed by atoms with Crippen molar-refractivity contribution in [3.63, 3.8) is 0 Å². The SMILES string of the molecule is CC(C)C1CCc2c(sc(NC(=O)C3CCc4nnn(C)c4C3)c2C#N)C1. The summed E-state index contributed by atoms with van der Waals surface area (Å²) >= 11 is 1.61. The van der Waals surface area contributed by atoms with Crippen molar-refractivity contribution in [2.75, 3.05) is 5.32 Å². The van der Waals surface area contributed by atoms with Crippen LogP contribution in [0.4, 0.5) is 5.00 Å². The van der Waals surface area contributed by atoms with E-state index in [4.69, 9.17) is 0 Å². The highest BCUT2D eigenvalue weighted by Crippen LogP contribution is 2.41. The summed E-state index contributed by atoms with van der Waals surface area (Å²) in [6, 6.07) is 2.35. The number of hydrogen-bond donors (Lipinski definition) is 1. The van der Waals surface area contributed by atoms with Crippen LogP contribution in [0.5, 0.6) is 0 Å². The molecule has 0 spiro atoms. The van der Waals surface area contributed by atoms with Gasteiger partial charge in [-0.3, -0.25) is 9.48 Å². The number of rotatable bonds is 3. The molecule has 1 amide bonds. The second kappa shape index (κ2) is 7.08. The van der Waals surface area contributed by atoms with Gasteiger partial charge in [-0.25, -0.2) is 0 Å². The Kier molecular flexibility index (Phi) is 4.77. The number of aromatic nitrogens is 3. The third-order valence-corrected chi connectivity index (χ3v) is 7.33. The molecule has 1 N–H and O–H groups in total. The Morgan fingerprint density at radius 3 is 2.89 bits per heavy atom. The average Bonchev–Trinajstić information content (AvgIpc) is 3.20. The van der Waals surface area contributed by atoms with E-state index < -0.39 is 0 Å². The Hall–Kier alpha value is -2.20. The summed E-state index contributed by atoms with van der Waals surface area (Å²) in [4.78, 5) is 14.2. The standard InChI is InChI=1S/C20H25N5OS/c1-11(2)12-4-6-14-15(10-21)20(27-18(14)9-12)22-19(26)13-5-7-16-17(8-13)25(3)24-23-16/h11-13H,4-9H2,1-3H3,(H,22,26). The first-order valence-corrected chi connectivity index (χ1v) is 10.5.